The molecule has 2 unspecified atom stereocenters. The van der Waals surface area contributed by atoms with Crippen molar-refractivity contribution >= 4 is 11.6 Å². The molecule has 0 amide bonds. The highest BCUT2D eigenvalue weighted by molar-refractivity contribution is 6.22. The fourth-order valence-corrected chi connectivity index (χ4v) is 5.81. The van der Waals surface area contributed by atoms with Crippen LogP contribution in [0.3, 0.4) is 0 Å². The van der Waals surface area contributed by atoms with E-state index in [1.54, 1.807) is 0 Å². The fraction of sp³-hybridized carbons (Fsp3) is 0.846. The summed E-state index contributed by atoms with van der Waals surface area (Å²) in [5.41, 5.74) is 1.85. The van der Waals surface area contributed by atoms with Crippen LogP contribution in [-0.2, 0) is 0 Å². The lowest BCUT2D eigenvalue weighted by atomic mass is 9.69. The van der Waals surface area contributed by atoms with Gasteiger partial charge in [-0.05, 0) is 67.5 Å². The van der Waals surface area contributed by atoms with E-state index in [-0.39, 0.29) is 29.2 Å². The minimum Gasteiger partial charge on any atom is -0.412 e. The van der Waals surface area contributed by atoms with E-state index in [9.17, 15) is 0 Å². The summed E-state index contributed by atoms with van der Waals surface area (Å²) in [6, 6.07) is 0.628. The molecule has 0 spiro atoms. The molecule has 2 aliphatic carbocycles. The van der Waals surface area contributed by atoms with Gasteiger partial charge in [-0.15, -0.1) is 11.6 Å². The largest absolute Gasteiger partial charge is 0.412 e. The monoisotopic (exact) mass is 476 g/mol. The Morgan fingerprint density at radius 1 is 1.16 bits per heavy atom. The molecule has 1 saturated carbocycles. The normalized spacial score (nSPS) is 27.1. The van der Waals surface area contributed by atoms with Crippen molar-refractivity contribution in [1.29, 1.82) is 0 Å². The van der Waals surface area contributed by atoms with E-state index in [1.165, 1.54) is 70.3 Å². The van der Waals surface area contributed by atoms with Crippen LogP contribution in [0.1, 0.15) is 80.1 Å². The Bertz CT molecular complexity index is 561. The molecule has 1 aliphatic heterocycles. The number of likely N-dealkylation sites (tertiary alicyclic amines) is 1. The van der Waals surface area contributed by atoms with Gasteiger partial charge >= 0.3 is 0 Å². The second-order valence-corrected chi connectivity index (χ2v) is 11.0. The summed E-state index contributed by atoms with van der Waals surface area (Å²) < 4.78 is 0. The summed E-state index contributed by atoms with van der Waals surface area (Å²) in [5, 5.41) is 4.18. The van der Waals surface area contributed by atoms with Crippen LogP contribution in [0.5, 0.6) is 0 Å². The van der Waals surface area contributed by atoms with Crippen molar-refractivity contribution in [3.8, 4) is 0 Å². The lowest BCUT2D eigenvalue weighted by Gasteiger charge is -2.47. The van der Waals surface area contributed by atoms with Crippen LogP contribution in [0, 0.1) is 23.2 Å². The van der Waals surface area contributed by atoms with Gasteiger partial charge < -0.3 is 26.6 Å². The molecule has 3 rings (SSSR count). The first kappa shape index (κ1) is 33.7. The standard InChI is InChI=1S/C25H43ClN2.CH4.3H2O/c1-5-19(2)24(27-16-20-8-6-7-9-20)17-28-15-14-23(25(3,4)18-28)21-10-12-22(26)13-11-21;;;;/h10-12,19-20,22-24,27H,5-9,13-18H2,1-4H3;1H4;3*1H2/t19-,22?,23?,24-;;;;/m0..../s1. The Morgan fingerprint density at radius 3 is 2.34 bits per heavy atom. The van der Waals surface area contributed by atoms with Gasteiger partial charge in [0.25, 0.3) is 0 Å². The van der Waals surface area contributed by atoms with E-state index in [1.807, 2.05) is 0 Å². The van der Waals surface area contributed by atoms with E-state index in [0.29, 0.717) is 17.4 Å². The summed E-state index contributed by atoms with van der Waals surface area (Å²) in [7, 11) is 0. The van der Waals surface area contributed by atoms with Crippen molar-refractivity contribution in [3.05, 3.63) is 23.8 Å². The third-order valence-electron chi connectivity index (χ3n) is 7.72. The predicted molar refractivity (Wildman–Crippen MR) is 141 cm³/mol. The Kier molecular flexibility index (Phi) is 16.3. The summed E-state index contributed by atoms with van der Waals surface area (Å²) in [6.45, 7) is 14.6. The number of nitrogens with one attached hydrogen (secondary N) is 1. The van der Waals surface area contributed by atoms with Crippen molar-refractivity contribution in [2.45, 2.75) is 91.5 Å². The number of hydrogen-bond acceptors (Lipinski definition) is 2. The number of piperidine rings is 1. The Balaban J connectivity index is 0. The number of allylic oxidation sites excluding steroid dienone is 4. The molecule has 192 valence electrons. The van der Waals surface area contributed by atoms with Gasteiger partial charge in [0, 0.05) is 19.1 Å². The zero-order valence-electron chi connectivity index (χ0n) is 20.2. The topological polar surface area (TPSA) is 110 Å². The van der Waals surface area contributed by atoms with Crippen molar-refractivity contribution in [2.75, 3.05) is 26.2 Å². The number of rotatable bonds is 8. The molecule has 0 aromatic carbocycles. The van der Waals surface area contributed by atoms with Crippen LogP contribution in [0.2, 0.25) is 0 Å². The number of nitrogens with zero attached hydrogens (tertiary/aromatic N) is 1. The number of halogens is 1. The second-order valence-electron chi connectivity index (χ2n) is 10.4. The van der Waals surface area contributed by atoms with Crippen LogP contribution in [0.15, 0.2) is 23.8 Å². The maximum absolute atomic E-state index is 6.25. The van der Waals surface area contributed by atoms with Crippen molar-refractivity contribution in [1.82, 2.24) is 10.2 Å². The van der Waals surface area contributed by atoms with Gasteiger partial charge in [0.1, 0.15) is 0 Å². The van der Waals surface area contributed by atoms with Gasteiger partial charge in [-0.1, -0.05) is 72.6 Å². The SMILES string of the molecule is C.CC[C@H](C)[C@H](CN1CCC(C2=CCC(Cl)C=C2)C(C)(C)C1)NCC1CCCC1.O.O.O. The highest BCUT2D eigenvalue weighted by atomic mass is 35.5. The molecule has 1 saturated heterocycles. The van der Waals surface area contributed by atoms with Crippen molar-refractivity contribution < 1.29 is 16.4 Å². The molecule has 5 nitrogen and oxygen atoms in total. The molecule has 0 aromatic rings. The van der Waals surface area contributed by atoms with Crippen molar-refractivity contribution in [3.63, 3.8) is 0 Å². The highest BCUT2D eigenvalue weighted by Crippen LogP contribution is 2.41. The first-order valence-electron chi connectivity index (χ1n) is 11.9. The average molecular weight is 477 g/mol. The van der Waals surface area contributed by atoms with E-state index in [0.717, 1.165) is 18.3 Å². The fourth-order valence-electron chi connectivity index (χ4n) is 5.65. The molecule has 4 atom stereocenters. The van der Waals surface area contributed by atoms with Gasteiger partial charge in [0.15, 0.2) is 0 Å². The molecule has 1 heterocycles. The molecular formula is C26H53ClN2O3. The van der Waals surface area contributed by atoms with Gasteiger partial charge in [0.05, 0.1) is 5.38 Å². The molecule has 32 heavy (non-hydrogen) atoms. The quantitative estimate of drug-likeness (QED) is 0.530. The molecule has 0 radical (unpaired) electrons. The molecule has 0 aromatic heterocycles. The van der Waals surface area contributed by atoms with E-state index in [4.69, 9.17) is 11.6 Å². The zero-order valence-corrected chi connectivity index (χ0v) is 21.0. The van der Waals surface area contributed by atoms with Crippen LogP contribution >= 0.6 is 11.6 Å². The second kappa shape index (κ2) is 15.5. The van der Waals surface area contributed by atoms with Crippen LogP contribution < -0.4 is 5.32 Å². The van der Waals surface area contributed by atoms with E-state index in [2.05, 4.69) is 56.1 Å². The third-order valence-corrected chi connectivity index (χ3v) is 8.04. The average Bonchev–Trinajstić information content (AvgIpc) is 3.18. The molecule has 2 fully saturated rings. The smallest absolute Gasteiger partial charge is 0.0553 e. The van der Waals surface area contributed by atoms with Crippen LogP contribution in [-0.4, -0.2) is 58.9 Å². The third kappa shape index (κ3) is 9.08. The predicted octanol–water partition coefficient (Wildman–Crippen LogP) is 4.18. The van der Waals surface area contributed by atoms with Gasteiger partial charge in [0.2, 0.25) is 0 Å². The number of alkyl halides is 1. The maximum atomic E-state index is 6.25. The summed E-state index contributed by atoms with van der Waals surface area (Å²) >= 11 is 6.25. The molecule has 3 aliphatic rings. The van der Waals surface area contributed by atoms with Crippen LogP contribution in [0.25, 0.3) is 0 Å². The van der Waals surface area contributed by atoms with E-state index >= 15 is 0 Å². The molecule has 0 bridgehead atoms. The molecular weight excluding hydrogens is 424 g/mol. The van der Waals surface area contributed by atoms with Crippen molar-refractivity contribution in [2.24, 2.45) is 23.2 Å². The van der Waals surface area contributed by atoms with Gasteiger partial charge in [-0.2, -0.15) is 0 Å². The Labute approximate surface area is 203 Å². The minimum absolute atomic E-state index is 0. The Hall–Kier alpha value is -0.430. The molecule has 6 heteroatoms. The number of hydrogen-bond donors (Lipinski definition) is 1. The maximum Gasteiger partial charge on any atom is 0.0553 e. The lowest BCUT2D eigenvalue weighted by molar-refractivity contribution is 0.0616. The van der Waals surface area contributed by atoms with Crippen LogP contribution in [0.4, 0.5) is 0 Å². The summed E-state index contributed by atoms with van der Waals surface area (Å²) in [5.74, 6) is 2.33. The summed E-state index contributed by atoms with van der Waals surface area (Å²) in [6.07, 6.45) is 16.2. The molecule has 7 N–H and O–H groups in total. The highest BCUT2D eigenvalue weighted by Gasteiger charge is 2.38. The first-order chi connectivity index (χ1) is 13.4. The van der Waals surface area contributed by atoms with Gasteiger partial charge in [-0.3, -0.25) is 0 Å². The first-order valence-corrected chi connectivity index (χ1v) is 12.3. The summed E-state index contributed by atoms with van der Waals surface area (Å²) in [4.78, 5) is 2.74. The minimum atomic E-state index is 0. The van der Waals surface area contributed by atoms with Gasteiger partial charge in [-0.25, -0.2) is 0 Å². The Morgan fingerprint density at radius 2 is 1.81 bits per heavy atom. The lowest BCUT2D eigenvalue weighted by Crippen LogP contribution is -2.52. The zero-order chi connectivity index (χ0) is 20.1. The van der Waals surface area contributed by atoms with E-state index < -0.39 is 0 Å².